The normalized spacial score (nSPS) is 17.9. The van der Waals surface area contributed by atoms with Gasteiger partial charge in [-0.2, -0.15) is 10.4 Å². The molecule has 11 heteroatoms. The second-order valence-electron chi connectivity index (χ2n) is 8.43. The molecule has 4 heterocycles. The number of nitrogens with zero attached hydrogens (tertiary/aromatic N) is 5. The van der Waals surface area contributed by atoms with Gasteiger partial charge >= 0.3 is 0 Å². The number of hydrogen-bond acceptors (Lipinski definition) is 8. The fourth-order valence-corrected chi connectivity index (χ4v) is 5.92. The van der Waals surface area contributed by atoms with Crippen molar-refractivity contribution in [3.05, 3.63) is 54.6 Å². The predicted molar refractivity (Wildman–Crippen MR) is 126 cm³/mol. The molecule has 1 aliphatic carbocycles. The van der Waals surface area contributed by atoms with Crippen LogP contribution in [-0.4, -0.2) is 56.7 Å². The van der Waals surface area contributed by atoms with Crippen LogP contribution in [0.25, 0.3) is 22.3 Å². The maximum atomic E-state index is 12.8. The zero-order chi connectivity index (χ0) is 23.7. The van der Waals surface area contributed by atoms with Crippen LogP contribution in [0, 0.1) is 17.2 Å². The van der Waals surface area contributed by atoms with E-state index in [0.717, 1.165) is 28.0 Å². The van der Waals surface area contributed by atoms with E-state index in [1.54, 1.807) is 10.9 Å². The van der Waals surface area contributed by atoms with Crippen LogP contribution in [0.4, 0.5) is 5.69 Å². The number of nitrogens with one attached hydrogen (secondary N) is 2. The molecular weight excluding hydrogens is 454 g/mol. The van der Waals surface area contributed by atoms with E-state index in [2.05, 4.69) is 25.4 Å². The number of aliphatic hydroxyl groups is 1. The highest BCUT2D eigenvalue weighted by Gasteiger charge is 2.34. The quantitative estimate of drug-likeness (QED) is 0.350. The molecule has 5 rings (SSSR count). The van der Waals surface area contributed by atoms with Gasteiger partial charge in [0, 0.05) is 41.8 Å². The number of hydrogen-bond donors (Lipinski definition) is 3. The molecule has 0 aliphatic heterocycles. The lowest BCUT2D eigenvalue weighted by molar-refractivity contribution is 0.269. The topological polar surface area (TPSA) is 150 Å². The highest BCUT2D eigenvalue weighted by atomic mass is 32.2. The average molecular weight is 478 g/mol. The van der Waals surface area contributed by atoms with Crippen molar-refractivity contribution in [1.82, 2.24) is 24.7 Å². The Kier molecular flexibility index (Phi) is 5.77. The minimum Gasteiger partial charge on any atom is -0.394 e. The summed E-state index contributed by atoms with van der Waals surface area (Å²) >= 11 is 0. The SMILES string of the molecule is N#Cc1ccnc(S(=O)(=O)CC2CC(Nc3c(-c4ccn(CCO)n4)cnc4[nH]ccc34)C2)c1. The molecule has 0 spiro atoms. The van der Waals surface area contributed by atoms with Gasteiger partial charge < -0.3 is 15.4 Å². The van der Waals surface area contributed by atoms with Gasteiger partial charge in [-0.15, -0.1) is 0 Å². The van der Waals surface area contributed by atoms with E-state index in [1.165, 1.54) is 18.3 Å². The van der Waals surface area contributed by atoms with Crippen LogP contribution in [-0.2, 0) is 16.4 Å². The van der Waals surface area contributed by atoms with E-state index < -0.39 is 9.84 Å². The molecular formula is C23H23N7O3S. The molecule has 4 aromatic rings. The predicted octanol–water partition coefficient (Wildman–Crippen LogP) is 2.35. The van der Waals surface area contributed by atoms with E-state index in [0.29, 0.717) is 19.4 Å². The van der Waals surface area contributed by atoms with Crippen molar-refractivity contribution in [2.24, 2.45) is 5.92 Å². The van der Waals surface area contributed by atoms with Crippen molar-refractivity contribution < 1.29 is 13.5 Å². The van der Waals surface area contributed by atoms with Gasteiger partial charge in [-0.1, -0.05) is 0 Å². The fourth-order valence-electron chi connectivity index (χ4n) is 4.33. The van der Waals surface area contributed by atoms with Crippen LogP contribution in [0.15, 0.2) is 54.1 Å². The van der Waals surface area contributed by atoms with Gasteiger partial charge in [-0.3, -0.25) is 4.68 Å². The first kappa shape index (κ1) is 22.1. The monoisotopic (exact) mass is 477 g/mol. The smallest absolute Gasteiger partial charge is 0.195 e. The molecule has 0 amide bonds. The molecule has 0 unspecified atom stereocenters. The molecule has 3 N–H and O–H groups in total. The van der Waals surface area contributed by atoms with Crippen LogP contribution < -0.4 is 5.32 Å². The number of anilines is 1. The Bertz CT molecular complexity index is 1480. The highest BCUT2D eigenvalue weighted by Crippen LogP contribution is 2.38. The number of H-pyrrole nitrogens is 1. The second-order valence-corrected chi connectivity index (χ2v) is 10.4. The van der Waals surface area contributed by atoms with Crippen molar-refractivity contribution in [3.8, 4) is 17.3 Å². The maximum absolute atomic E-state index is 12.8. The summed E-state index contributed by atoms with van der Waals surface area (Å²) in [5.74, 6) is 0.00676. The Labute approximate surface area is 196 Å². The van der Waals surface area contributed by atoms with Gasteiger partial charge in [0.2, 0.25) is 0 Å². The molecule has 0 atom stereocenters. The van der Waals surface area contributed by atoms with Crippen LogP contribution in [0.5, 0.6) is 0 Å². The van der Waals surface area contributed by atoms with Gasteiger partial charge in [0.1, 0.15) is 5.65 Å². The van der Waals surface area contributed by atoms with Crippen molar-refractivity contribution >= 4 is 26.6 Å². The van der Waals surface area contributed by atoms with E-state index in [4.69, 9.17) is 5.26 Å². The Morgan fingerprint density at radius 2 is 2.12 bits per heavy atom. The van der Waals surface area contributed by atoms with E-state index in [9.17, 15) is 13.5 Å². The summed E-state index contributed by atoms with van der Waals surface area (Å²) in [6.45, 7) is 0.414. The average Bonchev–Trinajstić information content (AvgIpc) is 3.47. The Hall–Kier alpha value is -3.75. The maximum Gasteiger partial charge on any atom is 0.195 e. The van der Waals surface area contributed by atoms with Crippen molar-refractivity contribution in [2.45, 2.75) is 30.5 Å². The van der Waals surface area contributed by atoms with Gasteiger partial charge in [-0.05, 0) is 43.0 Å². The first-order chi connectivity index (χ1) is 16.5. The Balaban J connectivity index is 1.32. The molecule has 0 saturated heterocycles. The summed E-state index contributed by atoms with van der Waals surface area (Å²) in [6, 6.07) is 8.71. The van der Waals surface area contributed by atoms with Crippen LogP contribution in [0.3, 0.4) is 0 Å². The van der Waals surface area contributed by atoms with Crippen molar-refractivity contribution in [1.29, 1.82) is 5.26 Å². The summed E-state index contributed by atoms with van der Waals surface area (Å²) in [4.78, 5) is 11.6. The molecule has 10 nitrogen and oxygen atoms in total. The van der Waals surface area contributed by atoms with Crippen molar-refractivity contribution in [2.75, 3.05) is 17.7 Å². The largest absolute Gasteiger partial charge is 0.394 e. The highest BCUT2D eigenvalue weighted by molar-refractivity contribution is 7.91. The number of aliphatic hydroxyl groups excluding tert-OH is 1. The minimum atomic E-state index is -3.57. The number of sulfone groups is 1. The van der Waals surface area contributed by atoms with Crippen LogP contribution in [0.1, 0.15) is 18.4 Å². The summed E-state index contributed by atoms with van der Waals surface area (Å²) < 4.78 is 27.2. The summed E-state index contributed by atoms with van der Waals surface area (Å²) in [5.41, 5.74) is 3.52. The fraction of sp³-hybridized carbons (Fsp3) is 0.304. The lowest BCUT2D eigenvalue weighted by Gasteiger charge is -2.36. The third kappa shape index (κ3) is 4.25. The molecule has 0 bridgehead atoms. The summed E-state index contributed by atoms with van der Waals surface area (Å²) in [7, 11) is -3.57. The molecule has 1 saturated carbocycles. The molecule has 34 heavy (non-hydrogen) atoms. The number of aromatic amines is 1. The standard InChI is InChI=1S/C23H23N7O3S/c24-12-15-1-4-25-21(11-15)34(32,33)14-16-9-17(10-16)28-22-18-2-5-26-23(18)27-13-19(22)20-3-6-30(29-20)7-8-31/h1-6,11,13,16-17,31H,7-10,14H2,(H2,26,27,28). The lowest BCUT2D eigenvalue weighted by Crippen LogP contribution is -2.39. The molecule has 4 aromatic heterocycles. The lowest BCUT2D eigenvalue weighted by atomic mass is 9.81. The van der Waals surface area contributed by atoms with Gasteiger partial charge in [0.05, 0.1) is 41.9 Å². The second kappa shape index (κ2) is 8.89. The third-order valence-electron chi connectivity index (χ3n) is 6.05. The number of fused-ring (bicyclic) bond motifs is 1. The number of rotatable bonds is 8. The first-order valence-electron chi connectivity index (χ1n) is 10.9. The van der Waals surface area contributed by atoms with E-state index >= 15 is 0 Å². The molecule has 0 radical (unpaired) electrons. The summed E-state index contributed by atoms with van der Waals surface area (Å²) in [6.07, 6.45) is 8.16. The van der Waals surface area contributed by atoms with Crippen molar-refractivity contribution in [3.63, 3.8) is 0 Å². The minimum absolute atomic E-state index is 0.00138. The number of pyridine rings is 2. The Morgan fingerprint density at radius 1 is 1.26 bits per heavy atom. The first-order valence-corrected chi connectivity index (χ1v) is 12.6. The molecule has 1 fully saturated rings. The number of nitriles is 1. The number of aromatic nitrogens is 5. The van der Waals surface area contributed by atoms with Gasteiger partial charge in [-0.25, -0.2) is 18.4 Å². The summed E-state index contributed by atoms with van der Waals surface area (Å²) in [5, 5.41) is 27.2. The zero-order valence-corrected chi connectivity index (χ0v) is 19.0. The van der Waals surface area contributed by atoms with E-state index in [1.807, 2.05) is 30.6 Å². The Morgan fingerprint density at radius 3 is 2.91 bits per heavy atom. The van der Waals surface area contributed by atoms with Gasteiger partial charge in [0.15, 0.2) is 14.9 Å². The van der Waals surface area contributed by atoms with Crippen LogP contribution >= 0.6 is 0 Å². The zero-order valence-electron chi connectivity index (χ0n) is 18.2. The molecule has 174 valence electrons. The van der Waals surface area contributed by atoms with E-state index in [-0.39, 0.29) is 34.9 Å². The van der Waals surface area contributed by atoms with Gasteiger partial charge in [0.25, 0.3) is 0 Å². The third-order valence-corrected chi connectivity index (χ3v) is 7.82. The molecule has 0 aromatic carbocycles. The van der Waals surface area contributed by atoms with Crippen LogP contribution in [0.2, 0.25) is 0 Å². The molecule has 1 aliphatic rings.